The molecule has 0 unspecified atom stereocenters. The van der Waals surface area contributed by atoms with Gasteiger partial charge in [0.2, 0.25) is 11.8 Å². The summed E-state index contributed by atoms with van der Waals surface area (Å²) in [6.45, 7) is 0.665. The van der Waals surface area contributed by atoms with Crippen molar-refractivity contribution >= 4 is 46.4 Å². The van der Waals surface area contributed by atoms with Crippen LogP contribution >= 0.6 is 23.2 Å². The highest BCUT2D eigenvalue weighted by Gasteiger charge is 2.23. The summed E-state index contributed by atoms with van der Waals surface area (Å²) in [6, 6.07) is 12.4. The summed E-state index contributed by atoms with van der Waals surface area (Å²) in [7, 11) is 0. The van der Waals surface area contributed by atoms with Crippen LogP contribution in [0.5, 0.6) is 0 Å². The minimum atomic E-state index is -0.178. The van der Waals surface area contributed by atoms with Gasteiger partial charge in [0.1, 0.15) is 0 Å². The largest absolute Gasteiger partial charge is 0.441 e. The van der Waals surface area contributed by atoms with Crippen molar-refractivity contribution in [1.82, 2.24) is 4.98 Å². The van der Waals surface area contributed by atoms with E-state index in [1.807, 2.05) is 12.1 Å². The number of amides is 2. The van der Waals surface area contributed by atoms with E-state index in [0.717, 1.165) is 12.0 Å². The van der Waals surface area contributed by atoms with Gasteiger partial charge in [-0.2, -0.15) is 0 Å². The van der Waals surface area contributed by atoms with E-state index in [2.05, 4.69) is 10.3 Å². The second kappa shape index (κ2) is 8.90. The van der Waals surface area contributed by atoms with Crippen LogP contribution in [0.25, 0.3) is 11.3 Å². The average Bonchev–Trinajstić information content (AvgIpc) is 3.36. The van der Waals surface area contributed by atoms with Crippen LogP contribution < -0.4 is 10.2 Å². The molecule has 0 spiro atoms. The lowest BCUT2D eigenvalue weighted by Crippen LogP contribution is -2.24. The fourth-order valence-electron chi connectivity index (χ4n) is 3.32. The summed E-state index contributed by atoms with van der Waals surface area (Å²) < 4.78 is 5.72. The number of halogens is 2. The Morgan fingerprint density at radius 3 is 2.67 bits per heavy atom. The van der Waals surface area contributed by atoms with E-state index in [4.69, 9.17) is 27.6 Å². The molecule has 0 radical (unpaired) electrons. The number of anilines is 2. The molecular weight excluding hydrogens is 425 g/mol. The molecule has 1 N–H and O–H groups in total. The highest BCUT2D eigenvalue weighted by Crippen LogP contribution is 2.31. The number of hydrogen-bond acceptors (Lipinski definition) is 4. The van der Waals surface area contributed by atoms with Crippen LogP contribution in [0.1, 0.15) is 25.2 Å². The Labute approximate surface area is 183 Å². The molecule has 8 heteroatoms. The van der Waals surface area contributed by atoms with Gasteiger partial charge >= 0.3 is 0 Å². The van der Waals surface area contributed by atoms with Gasteiger partial charge < -0.3 is 14.6 Å². The summed E-state index contributed by atoms with van der Waals surface area (Å²) in [5.74, 6) is 0.997. The molecule has 3 aromatic rings. The number of nitrogens with one attached hydrogen (secondary N) is 1. The summed E-state index contributed by atoms with van der Waals surface area (Å²) in [4.78, 5) is 30.1. The van der Waals surface area contributed by atoms with Crippen molar-refractivity contribution in [2.45, 2.75) is 25.7 Å². The first kappa shape index (κ1) is 20.4. The highest BCUT2D eigenvalue weighted by molar-refractivity contribution is 6.34. The number of carbonyl (C=O) groups is 2. The zero-order chi connectivity index (χ0) is 21.1. The number of aryl methyl sites for hydroxylation is 1. The predicted molar refractivity (Wildman–Crippen MR) is 117 cm³/mol. The molecule has 4 rings (SSSR count). The van der Waals surface area contributed by atoms with Crippen LogP contribution in [-0.4, -0.2) is 23.3 Å². The van der Waals surface area contributed by atoms with Gasteiger partial charge in [-0.1, -0.05) is 23.2 Å². The fourth-order valence-corrected chi connectivity index (χ4v) is 3.73. The minimum Gasteiger partial charge on any atom is -0.441 e. The smallest absolute Gasteiger partial charge is 0.227 e. The van der Waals surface area contributed by atoms with Gasteiger partial charge in [-0.3, -0.25) is 9.59 Å². The third-order valence-corrected chi connectivity index (χ3v) is 5.40. The second-order valence-corrected chi connectivity index (χ2v) is 7.83. The van der Waals surface area contributed by atoms with Crippen LogP contribution in [0.3, 0.4) is 0 Å². The van der Waals surface area contributed by atoms with Crippen LogP contribution in [0.15, 0.2) is 53.1 Å². The number of nitrogens with zero attached hydrogens (tertiary/aromatic N) is 2. The Kier molecular flexibility index (Phi) is 6.06. The Morgan fingerprint density at radius 2 is 1.97 bits per heavy atom. The number of oxazole rings is 1. The van der Waals surface area contributed by atoms with E-state index in [0.29, 0.717) is 52.5 Å². The van der Waals surface area contributed by atoms with Gasteiger partial charge in [0, 0.05) is 42.1 Å². The molecule has 2 amide bonds. The summed E-state index contributed by atoms with van der Waals surface area (Å²) in [6.07, 6.45) is 3.58. The molecule has 30 heavy (non-hydrogen) atoms. The van der Waals surface area contributed by atoms with Crippen molar-refractivity contribution in [2.75, 3.05) is 16.8 Å². The van der Waals surface area contributed by atoms with Crippen LogP contribution in [0, 0.1) is 0 Å². The van der Waals surface area contributed by atoms with Crippen molar-refractivity contribution < 1.29 is 14.0 Å². The average molecular weight is 444 g/mol. The quantitative estimate of drug-likeness (QED) is 0.557. The number of hydrogen-bond donors (Lipinski definition) is 1. The van der Waals surface area contributed by atoms with Crippen molar-refractivity contribution in [3.05, 3.63) is 64.6 Å². The number of aromatic nitrogens is 1. The first-order valence-corrected chi connectivity index (χ1v) is 10.4. The molecule has 1 saturated heterocycles. The predicted octanol–water partition coefficient (Wildman–Crippen LogP) is 5.35. The molecule has 0 bridgehead atoms. The Hall–Kier alpha value is -2.83. The zero-order valence-corrected chi connectivity index (χ0v) is 17.5. The molecule has 0 atom stereocenters. The van der Waals surface area contributed by atoms with Crippen molar-refractivity contribution in [3.8, 4) is 11.3 Å². The Balaban J connectivity index is 1.33. The monoisotopic (exact) mass is 443 g/mol. The van der Waals surface area contributed by atoms with Gasteiger partial charge in [-0.05, 0) is 48.9 Å². The van der Waals surface area contributed by atoms with Gasteiger partial charge in [0.05, 0.1) is 16.9 Å². The van der Waals surface area contributed by atoms with Gasteiger partial charge in [-0.15, -0.1) is 0 Å². The summed E-state index contributed by atoms with van der Waals surface area (Å²) in [5.41, 5.74) is 2.12. The lowest BCUT2D eigenvalue weighted by molar-refractivity contribution is -0.117. The SMILES string of the molecule is O=C(CCc1ncc(-c2ccc(Cl)cc2)o1)Nc1ccc(N2CCCC2=O)c(Cl)c1. The summed E-state index contributed by atoms with van der Waals surface area (Å²) >= 11 is 12.2. The topological polar surface area (TPSA) is 75.4 Å². The first-order valence-electron chi connectivity index (χ1n) is 9.60. The Morgan fingerprint density at radius 1 is 1.17 bits per heavy atom. The number of rotatable bonds is 6. The maximum atomic E-state index is 12.3. The van der Waals surface area contributed by atoms with E-state index in [1.54, 1.807) is 41.4 Å². The Bertz CT molecular complexity index is 1080. The second-order valence-electron chi connectivity index (χ2n) is 6.99. The molecular formula is C22H19Cl2N3O3. The highest BCUT2D eigenvalue weighted by atomic mass is 35.5. The van der Waals surface area contributed by atoms with Gasteiger partial charge in [0.25, 0.3) is 0 Å². The maximum Gasteiger partial charge on any atom is 0.227 e. The summed E-state index contributed by atoms with van der Waals surface area (Å²) in [5, 5.41) is 3.90. The fraction of sp³-hybridized carbons (Fsp3) is 0.227. The molecule has 1 fully saturated rings. The molecule has 1 aliphatic rings. The number of carbonyl (C=O) groups excluding carboxylic acids is 2. The van der Waals surface area contributed by atoms with Gasteiger partial charge in [-0.25, -0.2) is 4.98 Å². The first-order chi connectivity index (χ1) is 14.5. The standard InChI is InChI=1S/C22H19Cl2N3O3/c23-15-5-3-14(4-6-15)19-13-25-21(30-19)10-9-20(28)26-16-7-8-18(17(24)12-16)27-11-1-2-22(27)29/h3-8,12-13H,1-2,9-11H2,(H,26,28). The normalized spacial score (nSPS) is 13.7. The lowest BCUT2D eigenvalue weighted by atomic mass is 10.2. The van der Waals surface area contributed by atoms with E-state index >= 15 is 0 Å². The molecule has 1 aromatic heterocycles. The van der Waals surface area contributed by atoms with Crippen molar-refractivity contribution in [1.29, 1.82) is 0 Å². The van der Waals surface area contributed by atoms with E-state index in [1.165, 1.54) is 0 Å². The van der Waals surface area contributed by atoms with Crippen molar-refractivity contribution in [3.63, 3.8) is 0 Å². The molecule has 6 nitrogen and oxygen atoms in total. The molecule has 2 heterocycles. The third-order valence-electron chi connectivity index (χ3n) is 4.84. The van der Waals surface area contributed by atoms with Gasteiger partial charge in [0.15, 0.2) is 11.7 Å². The van der Waals surface area contributed by atoms with E-state index < -0.39 is 0 Å². The van der Waals surface area contributed by atoms with Crippen LogP contribution in [0.4, 0.5) is 11.4 Å². The van der Waals surface area contributed by atoms with E-state index in [9.17, 15) is 9.59 Å². The molecule has 1 aliphatic heterocycles. The van der Waals surface area contributed by atoms with Crippen LogP contribution in [-0.2, 0) is 16.0 Å². The lowest BCUT2D eigenvalue weighted by Gasteiger charge is -2.18. The third kappa shape index (κ3) is 4.66. The number of benzene rings is 2. The molecule has 0 aliphatic carbocycles. The van der Waals surface area contributed by atoms with E-state index in [-0.39, 0.29) is 18.2 Å². The minimum absolute atomic E-state index is 0.0672. The zero-order valence-electron chi connectivity index (χ0n) is 16.0. The van der Waals surface area contributed by atoms with Crippen molar-refractivity contribution in [2.24, 2.45) is 0 Å². The molecule has 0 saturated carbocycles. The maximum absolute atomic E-state index is 12.3. The molecule has 2 aromatic carbocycles. The van der Waals surface area contributed by atoms with Crippen LogP contribution in [0.2, 0.25) is 10.0 Å². The molecule has 154 valence electrons.